The number of H-pyrrole nitrogens is 1. The predicted molar refractivity (Wildman–Crippen MR) is 151 cm³/mol. The van der Waals surface area contributed by atoms with Crippen molar-refractivity contribution < 1.29 is 8.42 Å². The minimum Gasteiger partial charge on any atom is -0.364 e. The number of anilines is 1. The van der Waals surface area contributed by atoms with Crippen LogP contribution in [0.4, 0.5) is 5.69 Å². The molecule has 0 fully saturated rings. The van der Waals surface area contributed by atoms with E-state index in [1.807, 2.05) is 66.7 Å². The Labute approximate surface area is 228 Å². The van der Waals surface area contributed by atoms with Gasteiger partial charge in [0.25, 0.3) is 0 Å². The van der Waals surface area contributed by atoms with E-state index >= 15 is 0 Å². The van der Waals surface area contributed by atoms with Gasteiger partial charge >= 0.3 is 0 Å². The highest BCUT2D eigenvalue weighted by atomic mass is 32.2. The lowest BCUT2D eigenvalue weighted by Crippen LogP contribution is -2.50. The van der Waals surface area contributed by atoms with Gasteiger partial charge in [-0.25, -0.2) is 13.4 Å². The second-order valence-electron chi connectivity index (χ2n) is 9.77. The van der Waals surface area contributed by atoms with Crippen molar-refractivity contribution in [1.29, 1.82) is 5.26 Å². The molecule has 5 aromatic rings. The van der Waals surface area contributed by atoms with E-state index < -0.39 is 10.0 Å². The van der Waals surface area contributed by atoms with Gasteiger partial charge in [0.2, 0.25) is 10.0 Å². The first kappa shape index (κ1) is 24.9. The Kier molecular flexibility index (Phi) is 6.61. The average Bonchev–Trinajstić information content (AvgIpc) is 3.49. The molecule has 1 unspecified atom stereocenters. The maximum atomic E-state index is 14.3. The van der Waals surface area contributed by atoms with Crippen LogP contribution in [0.5, 0.6) is 0 Å². The quantitative estimate of drug-likeness (QED) is 0.308. The molecule has 0 bridgehead atoms. The van der Waals surface area contributed by atoms with Gasteiger partial charge in [-0.1, -0.05) is 60.7 Å². The zero-order valence-electron chi connectivity index (χ0n) is 21.2. The summed E-state index contributed by atoms with van der Waals surface area (Å²) in [6, 6.07) is 30.2. The van der Waals surface area contributed by atoms with E-state index in [4.69, 9.17) is 0 Å². The van der Waals surface area contributed by atoms with Crippen LogP contribution in [0.1, 0.15) is 22.4 Å². The molecule has 0 saturated heterocycles. The Morgan fingerprint density at radius 1 is 1.00 bits per heavy atom. The number of hydrogen-bond acceptors (Lipinski definition) is 5. The molecular weight excluding hydrogens is 506 g/mol. The third-order valence-electron chi connectivity index (χ3n) is 7.32. The first-order valence-corrected chi connectivity index (χ1v) is 14.3. The van der Waals surface area contributed by atoms with Crippen LogP contribution in [0.25, 0.3) is 10.8 Å². The van der Waals surface area contributed by atoms with Crippen molar-refractivity contribution in [3.63, 3.8) is 0 Å². The number of aromatic nitrogens is 2. The molecule has 0 saturated carbocycles. The molecule has 1 aliphatic heterocycles. The van der Waals surface area contributed by atoms with Gasteiger partial charge in [0.1, 0.15) is 0 Å². The summed E-state index contributed by atoms with van der Waals surface area (Å²) in [7, 11) is -3.85. The van der Waals surface area contributed by atoms with Crippen LogP contribution in [0.15, 0.2) is 108 Å². The van der Waals surface area contributed by atoms with E-state index in [0.29, 0.717) is 25.1 Å². The molecule has 0 amide bonds. The molecule has 0 aliphatic carbocycles. The van der Waals surface area contributed by atoms with Crippen molar-refractivity contribution >= 4 is 26.5 Å². The molecule has 1 aliphatic rings. The summed E-state index contributed by atoms with van der Waals surface area (Å²) in [5.41, 5.74) is 4.39. The lowest BCUT2D eigenvalue weighted by molar-refractivity contribution is 0.303. The predicted octanol–water partition coefficient (Wildman–Crippen LogP) is 5.26. The zero-order valence-corrected chi connectivity index (χ0v) is 22.1. The second-order valence-corrected chi connectivity index (χ2v) is 11.7. The van der Waals surface area contributed by atoms with E-state index in [2.05, 4.69) is 20.9 Å². The summed E-state index contributed by atoms with van der Waals surface area (Å²) >= 11 is 0. The normalized spacial score (nSPS) is 15.3. The largest absolute Gasteiger partial charge is 0.364 e. The fourth-order valence-electron chi connectivity index (χ4n) is 5.45. The Hall–Kier alpha value is -4.45. The Bertz CT molecular complexity index is 1760. The molecule has 194 valence electrons. The van der Waals surface area contributed by atoms with Crippen molar-refractivity contribution in [3.8, 4) is 6.07 Å². The number of hydrogen-bond donors (Lipinski definition) is 1. The highest BCUT2D eigenvalue weighted by Gasteiger charge is 2.36. The van der Waals surface area contributed by atoms with Crippen LogP contribution in [0.3, 0.4) is 0 Å². The first-order chi connectivity index (χ1) is 19.0. The van der Waals surface area contributed by atoms with Crippen LogP contribution in [-0.4, -0.2) is 35.3 Å². The number of imidazole rings is 1. The van der Waals surface area contributed by atoms with Crippen molar-refractivity contribution in [2.45, 2.75) is 30.4 Å². The van der Waals surface area contributed by atoms with Crippen LogP contribution in [0.2, 0.25) is 0 Å². The molecule has 2 heterocycles. The van der Waals surface area contributed by atoms with Crippen LogP contribution in [0, 0.1) is 11.3 Å². The number of benzene rings is 4. The maximum Gasteiger partial charge on any atom is 0.243 e. The fourth-order valence-corrected chi connectivity index (χ4v) is 7.07. The molecule has 4 aromatic carbocycles. The second kappa shape index (κ2) is 10.4. The van der Waals surface area contributed by atoms with Crippen molar-refractivity contribution in [2.24, 2.45) is 0 Å². The lowest BCUT2D eigenvalue weighted by atomic mass is 9.95. The van der Waals surface area contributed by atoms with E-state index in [1.165, 1.54) is 0 Å². The number of aromatic amines is 1. The molecule has 1 N–H and O–H groups in total. The average molecular weight is 534 g/mol. The molecule has 6 rings (SSSR count). The van der Waals surface area contributed by atoms with Gasteiger partial charge in [-0.15, -0.1) is 0 Å². The molecule has 0 spiro atoms. The minimum absolute atomic E-state index is 0.231. The maximum absolute atomic E-state index is 14.3. The van der Waals surface area contributed by atoms with Crippen molar-refractivity contribution in [1.82, 2.24) is 14.3 Å². The summed E-state index contributed by atoms with van der Waals surface area (Å²) in [6.45, 7) is 1.27. The number of nitrogens with zero attached hydrogens (tertiary/aromatic N) is 4. The molecular formula is C31H27N5O2S. The highest BCUT2D eigenvalue weighted by molar-refractivity contribution is 7.89. The van der Waals surface area contributed by atoms with Gasteiger partial charge in [0.15, 0.2) is 0 Å². The molecule has 39 heavy (non-hydrogen) atoms. The van der Waals surface area contributed by atoms with Crippen molar-refractivity contribution in [2.75, 3.05) is 11.4 Å². The van der Waals surface area contributed by atoms with Gasteiger partial charge in [-0.2, -0.15) is 9.57 Å². The number of sulfonamides is 1. The zero-order chi connectivity index (χ0) is 26.8. The number of nitriles is 1. The fraction of sp³-hybridized carbons (Fsp3) is 0.161. The smallest absolute Gasteiger partial charge is 0.243 e. The summed E-state index contributed by atoms with van der Waals surface area (Å²) in [4.78, 5) is 9.76. The van der Waals surface area contributed by atoms with Crippen LogP contribution < -0.4 is 4.90 Å². The Balaban J connectivity index is 1.46. The summed E-state index contributed by atoms with van der Waals surface area (Å²) < 4.78 is 30.2. The van der Waals surface area contributed by atoms with E-state index in [9.17, 15) is 13.7 Å². The van der Waals surface area contributed by atoms with Gasteiger partial charge in [-0.3, -0.25) is 0 Å². The molecule has 0 radical (unpaired) electrons. The summed E-state index contributed by atoms with van der Waals surface area (Å²) in [5, 5.41) is 11.7. The highest BCUT2D eigenvalue weighted by Crippen LogP contribution is 2.34. The number of nitrogens with one attached hydrogen (secondary N) is 1. The van der Waals surface area contributed by atoms with E-state index in [1.54, 1.807) is 41.1 Å². The summed E-state index contributed by atoms with van der Waals surface area (Å²) in [5.74, 6) is 0. The molecule has 1 atom stereocenters. The lowest BCUT2D eigenvalue weighted by Gasteiger charge is -2.41. The standard InChI is InChI=1S/C31H27N5O2S/c32-17-23-13-14-31-26(15-23)16-28(21-35(31)20-27-18-33-22-34-27)36(39(37,38)29-10-2-1-3-11-29)19-25-9-6-8-24-7-4-5-12-30(24)25/h1-15,18,22,28H,16,19-21H2,(H,33,34). The van der Waals surface area contributed by atoms with Crippen LogP contribution in [-0.2, 0) is 29.5 Å². The summed E-state index contributed by atoms with van der Waals surface area (Å²) in [6.07, 6.45) is 3.92. The van der Waals surface area contributed by atoms with E-state index in [-0.39, 0.29) is 17.5 Å². The first-order valence-electron chi connectivity index (χ1n) is 12.8. The number of rotatable bonds is 7. The monoisotopic (exact) mass is 533 g/mol. The third kappa shape index (κ3) is 4.90. The Morgan fingerprint density at radius 3 is 2.59 bits per heavy atom. The van der Waals surface area contributed by atoms with E-state index in [0.717, 1.165) is 33.3 Å². The molecule has 1 aromatic heterocycles. The third-order valence-corrected chi connectivity index (χ3v) is 9.23. The SMILES string of the molecule is N#Cc1ccc2c(c1)CC(N(Cc1cccc3ccccc13)S(=O)(=O)c1ccccc1)CN2Cc1cnc[nH]1. The minimum atomic E-state index is -3.85. The van der Waals surface area contributed by atoms with Gasteiger partial charge in [0, 0.05) is 31.0 Å². The topological polar surface area (TPSA) is 93.1 Å². The van der Waals surface area contributed by atoms with Gasteiger partial charge in [-0.05, 0) is 58.7 Å². The van der Waals surface area contributed by atoms with Gasteiger partial charge in [0.05, 0.1) is 35.1 Å². The van der Waals surface area contributed by atoms with Crippen molar-refractivity contribution in [3.05, 3.63) is 126 Å². The van der Waals surface area contributed by atoms with Crippen LogP contribution >= 0.6 is 0 Å². The number of fused-ring (bicyclic) bond motifs is 2. The molecule has 8 heteroatoms. The Morgan fingerprint density at radius 2 is 1.79 bits per heavy atom. The molecule has 7 nitrogen and oxygen atoms in total. The van der Waals surface area contributed by atoms with Gasteiger partial charge < -0.3 is 9.88 Å².